The highest BCUT2D eigenvalue weighted by Gasteiger charge is 2.16. The van der Waals surface area contributed by atoms with Crippen LogP contribution in [0.25, 0.3) is 10.9 Å². The van der Waals surface area contributed by atoms with Crippen LogP contribution in [0.2, 0.25) is 0 Å². The van der Waals surface area contributed by atoms with Crippen LogP contribution in [0, 0.1) is 11.3 Å². The third-order valence-corrected chi connectivity index (χ3v) is 4.10. The molecule has 2 heterocycles. The lowest BCUT2D eigenvalue weighted by molar-refractivity contribution is -0.142. The number of carbonyl (C=O) groups excluding carboxylic acids is 2. The van der Waals surface area contributed by atoms with Crippen molar-refractivity contribution in [3.05, 3.63) is 54.5 Å². The summed E-state index contributed by atoms with van der Waals surface area (Å²) < 4.78 is 6.98. The number of aromatic nitrogens is 3. The molecule has 0 aliphatic rings. The van der Waals surface area contributed by atoms with E-state index in [4.69, 9.17) is 10.00 Å². The van der Waals surface area contributed by atoms with Gasteiger partial charge >= 0.3 is 5.97 Å². The molecule has 3 aromatic rings. The first kappa shape index (κ1) is 19.0. The molecule has 28 heavy (non-hydrogen) atoms. The number of para-hydroxylation sites is 1. The van der Waals surface area contributed by atoms with Gasteiger partial charge in [-0.2, -0.15) is 5.26 Å². The highest BCUT2D eigenvalue weighted by molar-refractivity contribution is 6.09. The first-order chi connectivity index (χ1) is 13.7. The van der Waals surface area contributed by atoms with Crippen molar-refractivity contribution >= 4 is 28.6 Å². The molecule has 0 saturated heterocycles. The Bertz CT molecular complexity index is 1010. The number of rotatable bonds is 9. The summed E-state index contributed by atoms with van der Waals surface area (Å²) in [6, 6.07) is 11.3. The van der Waals surface area contributed by atoms with Crippen molar-refractivity contribution in [3.63, 3.8) is 0 Å². The van der Waals surface area contributed by atoms with E-state index in [1.165, 1.54) is 0 Å². The third-order valence-electron chi connectivity index (χ3n) is 4.10. The smallest absolute Gasteiger partial charge is 0.308 e. The predicted octanol–water partition coefficient (Wildman–Crippen LogP) is 2.57. The van der Waals surface area contributed by atoms with Crippen LogP contribution in [0.3, 0.4) is 0 Å². The van der Waals surface area contributed by atoms with Crippen molar-refractivity contribution in [2.24, 2.45) is 0 Å². The molecule has 0 bridgehead atoms. The zero-order valence-corrected chi connectivity index (χ0v) is 15.2. The molecule has 0 amide bonds. The Kier molecular flexibility index (Phi) is 6.31. The van der Waals surface area contributed by atoms with Gasteiger partial charge in [-0.1, -0.05) is 18.2 Å². The summed E-state index contributed by atoms with van der Waals surface area (Å²) in [6.45, 7) is 0.481. The molecule has 0 aliphatic heterocycles. The monoisotopic (exact) mass is 377 g/mol. The Morgan fingerprint density at radius 3 is 2.75 bits per heavy atom. The molecular weight excluding hydrogens is 358 g/mol. The minimum absolute atomic E-state index is 0.0927. The lowest BCUT2D eigenvalue weighted by Crippen LogP contribution is -2.17. The van der Waals surface area contributed by atoms with Crippen molar-refractivity contribution in [1.29, 1.82) is 5.26 Å². The maximum atomic E-state index is 12.6. The summed E-state index contributed by atoms with van der Waals surface area (Å²) in [6.07, 6.45) is 5.35. The van der Waals surface area contributed by atoms with Gasteiger partial charge in [0.15, 0.2) is 6.61 Å². The zero-order valence-electron chi connectivity index (χ0n) is 15.2. The summed E-state index contributed by atoms with van der Waals surface area (Å²) in [7, 11) is 0. The van der Waals surface area contributed by atoms with Crippen LogP contribution in [0.15, 0.2) is 48.9 Å². The van der Waals surface area contributed by atoms with Gasteiger partial charge in [-0.25, -0.2) is 9.97 Å². The standard InChI is InChI=1S/C20H19N5O3/c21-8-3-12-25-13-16(15-5-1-2-6-17(15)25)18(26)14-28-19(27)7-11-24-20-22-9-4-10-23-20/h1-2,4-6,9-10,13H,3,7,11-12,14H2,(H,22,23,24). The number of ether oxygens (including phenoxy) is 1. The number of ketones is 1. The van der Waals surface area contributed by atoms with E-state index in [-0.39, 0.29) is 18.8 Å². The lowest BCUT2D eigenvalue weighted by Gasteiger charge is -2.05. The van der Waals surface area contributed by atoms with Crippen LogP contribution in [0.5, 0.6) is 0 Å². The number of aryl methyl sites for hydroxylation is 1. The van der Waals surface area contributed by atoms with Crippen LogP contribution >= 0.6 is 0 Å². The van der Waals surface area contributed by atoms with E-state index in [2.05, 4.69) is 21.4 Å². The summed E-state index contributed by atoms with van der Waals surface area (Å²) in [5.74, 6) is -0.332. The summed E-state index contributed by atoms with van der Waals surface area (Å²) in [4.78, 5) is 32.4. The van der Waals surface area contributed by atoms with Crippen LogP contribution < -0.4 is 5.32 Å². The molecule has 8 heteroatoms. The van der Waals surface area contributed by atoms with E-state index in [0.717, 1.165) is 10.9 Å². The number of carbonyl (C=O) groups is 2. The molecule has 2 aromatic heterocycles. The van der Waals surface area contributed by atoms with Crippen molar-refractivity contribution in [2.45, 2.75) is 19.4 Å². The van der Waals surface area contributed by atoms with Crippen LogP contribution in [0.4, 0.5) is 5.95 Å². The van der Waals surface area contributed by atoms with E-state index in [9.17, 15) is 9.59 Å². The average Bonchev–Trinajstić information content (AvgIpc) is 3.10. The molecule has 1 N–H and O–H groups in total. The number of nitrogens with one attached hydrogen (secondary N) is 1. The highest BCUT2D eigenvalue weighted by atomic mass is 16.5. The topological polar surface area (TPSA) is 110 Å². The van der Waals surface area contributed by atoms with Gasteiger partial charge in [0.25, 0.3) is 0 Å². The quantitative estimate of drug-likeness (QED) is 0.451. The molecule has 1 aromatic carbocycles. The van der Waals surface area contributed by atoms with Gasteiger partial charge in [0.2, 0.25) is 11.7 Å². The first-order valence-corrected chi connectivity index (χ1v) is 8.83. The SMILES string of the molecule is N#CCCn1cc(C(=O)COC(=O)CCNc2ncccn2)c2ccccc21. The van der Waals surface area contributed by atoms with Crippen molar-refractivity contribution in [2.75, 3.05) is 18.5 Å². The number of benzene rings is 1. The second-order valence-electron chi connectivity index (χ2n) is 5.99. The maximum Gasteiger partial charge on any atom is 0.308 e. The van der Waals surface area contributed by atoms with Crippen LogP contribution in [-0.4, -0.2) is 39.4 Å². The van der Waals surface area contributed by atoms with Gasteiger partial charge < -0.3 is 14.6 Å². The number of esters is 1. The van der Waals surface area contributed by atoms with Crippen molar-refractivity contribution < 1.29 is 14.3 Å². The summed E-state index contributed by atoms with van der Waals surface area (Å²) in [5.41, 5.74) is 1.36. The Morgan fingerprint density at radius 1 is 1.18 bits per heavy atom. The molecular formula is C20H19N5O3. The molecule has 0 radical (unpaired) electrons. The number of hydrogen-bond acceptors (Lipinski definition) is 7. The van der Waals surface area contributed by atoms with Crippen molar-refractivity contribution in [1.82, 2.24) is 14.5 Å². The fraction of sp³-hybridized carbons (Fsp3) is 0.250. The number of Topliss-reactive ketones (excluding diaryl/α,β-unsaturated/α-hetero) is 1. The number of fused-ring (bicyclic) bond motifs is 1. The average molecular weight is 377 g/mol. The Balaban J connectivity index is 1.56. The van der Waals surface area contributed by atoms with Gasteiger partial charge in [-0.15, -0.1) is 0 Å². The van der Waals surface area contributed by atoms with Gasteiger partial charge in [-0.3, -0.25) is 9.59 Å². The van der Waals surface area contributed by atoms with E-state index < -0.39 is 5.97 Å². The first-order valence-electron chi connectivity index (χ1n) is 8.83. The second kappa shape index (κ2) is 9.28. The molecule has 0 aliphatic carbocycles. The number of hydrogen-bond donors (Lipinski definition) is 1. The summed E-state index contributed by atoms with van der Waals surface area (Å²) >= 11 is 0. The molecule has 142 valence electrons. The van der Waals surface area contributed by atoms with Gasteiger partial charge in [0.1, 0.15) is 0 Å². The largest absolute Gasteiger partial charge is 0.457 e. The van der Waals surface area contributed by atoms with E-state index in [0.29, 0.717) is 31.0 Å². The molecule has 0 unspecified atom stereocenters. The predicted molar refractivity (Wildman–Crippen MR) is 103 cm³/mol. The van der Waals surface area contributed by atoms with E-state index in [1.807, 2.05) is 28.8 Å². The summed E-state index contributed by atoms with van der Waals surface area (Å²) in [5, 5.41) is 12.5. The lowest BCUT2D eigenvalue weighted by atomic mass is 10.1. The number of nitrogens with zero attached hydrogens (tertiary/aromatic N) is 4. The zero-order chi connectivity index (χ0) is 19.8. The molecule has 0 atom stereocenters. The fourth-order valence-electron chi connectivity index (χ4n) is 2.79. The molecule has 0 spiro atoms. The maximum absolute atomic E-state index is 12.6. The molecule has 3 rings (SSSR count). The highest BCUT2D eigenvalue weighted by Crippen LogP contribution is 2.22. The number of anilines is 1. The van der Waals surface area contributed by atoms with Gasteiger partial charge in [0.05, 0.1) is 18.9 Å². The molecule has 0 saturated carbocycles. The Morgan fingerprint density at radius 2 is 1.96 bits per heavy atom. The minimum Gasteiger partial charge on any atom is -0.457 e. The number of nitriles is 1. The van der Waals surface area contributed by atoms with Gasteiger partial charge in [0, 0.05) is 48.1 Å². The van der Waals surface area contributed by atoms with Crippen LogP contribution in [0.1, 0.15) is 23.2 Å². The van der Waals surface area contributed by atoms with Crippen molar-refractivity contribution in [3.8, 4) is 6.07 Å². The van der Waals surface area contributed by atoms with Gasteiger partial charge in [-0.05, 0) is 12.1 Å². The second-order valence-corrected chi connectivity index (χ2v) is 5.99. The Labute approximate surface area is 161 Å². The minimum atomic E-state index is -0.481. The fourth-order valence-corrected chi connectivity index (χ4v) is 2.79. The van der Waals surface area contributed by atoms with E-state index >= 15 is 0 Å². The molecule has 0 fully saturated rings. The normalized spacial score (nSPS) is 10.4. The third kappa shape index (κ3) is 4.71. The molecule has 8 nitrogen and oxygen atoms in total. The van der Waals surface area contributed by atoms with Crippen LogP contribution in [-0.2, 0) is 16.1 Å². The Hall–Kier alpha value is -3.73. The van der Waals surface area contributed by atoms with E-state index in [1.54, 1.807) is 24.7 Å².